The maximum atomic E-state index is 12.6. The summed E-state index contributed by atoms with van der Waals surface area (Å²) < 4.78 is 30.6. The SMILES string of the molecule is COc1ccc(NC(=O)C[C@H](NC(C)=O)c2ccc(C)cc2)cc1NS(C)(=O)=O. The predicted molar refractivity (Wildman–Crippen MR) is 112 cm³/mol. The van der Waals surface area contributed by atoms with E-state index >= 15 is 0 Å². The highest BCUT2D eigenvalue weighted by molar-refractivity contribution is 7.92. The third-order valence-corrected chi connectivity index (χ3v) is 4.62. The molecule has 8 nitrogen and oxygen atoms in total. The standard InChI is InChI=1S/C20H25N3O5S/c1-13-5-7-15(8-6-13)17(21-14(2)24)12-20(25)22-16-9-10-19(28-3)18(11-16)23-29(4,26)27/h5-11,17,23H,12H2,1-4H3,(H,21,24)(H,22,25)/t17-/m0/s1. The van der Waals surface area contributed by atoms with E-state index in [-0.39, 0.29) is 23.9 Å². The zero-order valence-corrected chi connectivity index (χ0v) is 17.6. The third kappa shape index (κ3) is 7.11. The van der Waals surface area contributed by atoms with Crippen molar-refractivity contribution in [3.63, 3.8) is 0 Å². The number of nitrogens with one attached hydrogen (secondary N) is 3. The highest BCUT2D eigenvalue weighted by Crippen LogP contribution is 2.29. The summed E-state index contributed by atoms with van der Waals surface area (Å²) in [6, 6.07) is 11.7. The average Bonchev–Trinajstić information content (AvgIpc) is 2.60. The Labute approximate surface area is 170 Å². The summed E-state index contributed by atoms with van der Waals surface area (Å²) in [5.41, 5.74) is 2.50. The van der Waals surface area contributed by atoms with Gasteiger partial charge in [-0.25, -0.2) is 8.42 Å². The van der Waals surface area contributed by atoms with Crippen LogP contribution in [-0.4, -0.2) is 33.6 Å². The molecule has 2 amide bonds. The van der Waals surface area contributed by atoms with Crippen LogP contribution in [0.15, 0.2) is 42.5 Å². The molecule has 0 spiro atoms. The molecule has 0 saturated heterocycles. The van der Waals surface area contributed by atoms with Crippen molar-refractivity contribution >= 4 is 33.2 Å². The topological polar surface area (TPSA) is 114 Å². The quantitative estimate of drug-likeness (QED) is 0.609. The van der Waals surface area contributed by atoms with Crippen LogP contribution in [-0.2, 0) is 19.6 Å². The first-order valence-corrected chi connectivity index (χ1v) is 10.8. The van der Waals surface area contributed by atoms with Gasteiger partial charge >= 0.3 is 0 Å². The number of rotatable bonds is 8. The Morgan fingerprint density at radius 2 is 1.76 bits per heavy atom. The Kier molecular flexibility index (Phi) is 7.22. The van der Waals surface area contributed by atoms with Crippen LogP contribution in [0.3, 0.4) is 0 Å². The van der Waals surface area contributed by atoms with Crippen LogP contribution < -0.4 is 20.1 Å². The van der Waals surface area contributed by atoms with Crippen LogP contribution in [0.5, 0.6) is 5.75 Å². The molecule has 0 aliphatic heterocycles. The maximum Gasteiger partial charge on any atom is 0.229 e. The first-order valence-electron chi connectivity index (χ1n) is 8.86. The number of amides is 2. The summed E-state index contributed by atoms with van der Waals surface area (Å²) in [4.78, 5) is 24.1. The van der Waals surface area contributed by atoms with E-state index in [1.807, 2.05) is 31.2 Å². The number of methoxy groups -OCH3 is 1. The van der Waals surface area contributed by atoms with Crippen LogP contribution in [0, 0.1) is 6.92 Å². The number of sulfonamides is 1. The van der Waals surface area contributed by atoms with Gasteiger partial charge in [-0.1, -0.05) is 29.8 Å². The van der Waals surface area contributed by atoms with Gasteiger partial charge in [-0.15, -0.1) is 0 Å². The Morgan fingerprint density at radius 3 is 2.31 bits per heavy atom. The summed E-state index contributed by atoms with van der Waals surface area (Å²) in [6.07, 6.45) is 1.04. The third-order valence-electron chi connectivity index (χ3n) is 4.03. The van der Waals surface area contributed by atoms with E-state index in [0.717, 1.165) is 17.4 Å². The molecule has 0 heterocycles. The fourth-order valence-corrected chi connectivity index (χ4v) is 3.32. The Hall–Kier alpha value is -3.07. The van der Waals surface area contributed by atoms with E-state index in [1.54, 1.807) is 12.1 Å². The lowest BCUT2D eigenvalue weighted by molar-refractivity contribution is -0.120. The van der Waals surface area contributed by atoms with Crippen molar-refractivity contribution in [3.8, 4) is 5.75 Å². The second-order valence-corrected chi connectivity index (χ2v) is 8.45. The number of benzene rings is 2. The van der Waals surface area contributed by atoms with Crippen LogP contribution in [0.1, 0.15) is 30.5 Å². The van der Waals surface area contributed by atoms with Crippen molar-refractivity contribution in [1.82, 2.24) is 5.32 Å². The summed E-state index contributed by atoms with van der Waals surface area (Å²) >= 11 is 0. The Morgan fingerprint density at radius 1 is 1.10 bits per heavy atom. The Bertz CT molecular complexity index is 988. The van der Waals surface area contributed by atoms with Crippen molar-refractivity contribution in [2.75, 3.05) is 23.4 Å². The van der Waals surface area contributed by atoms with Crippen molar-refractivity contribution in [2.24, 2.45) is 0 Å². The number of ether oxygens (including phenoxy) is 1. The average molecular weight is 420 g/mol. The van der Waals surface area contributed by atoms with Gasteiger partial charge in [-0.3, -0.25) is 14.3 Å². The number of hydrogen-bond donors (Lipinski definition) is 3. The molecule has 0 saturated carbocycles. The molecule has 0 aliphatic rings. The van der Waals surface area contributed by atoms with Gasteiger partial charge in [-0.2, -0.15) is 0 Å². The highest BCUT2D eigenvalue weighted by Gasteiger charge is 2.18. The van der Waals surface area contributed by atoms with E-state index in [0.29, 0.717) is 11.4 Å². The molecule has 2 aromatic rings. The molecule has 156 valence electrons. The molecule has 0 unspecified atom stereocenters. The lowest BCUT2D eigenvalue weighted by Crippen LogP contribution is -2.29. The normalized spacial score (nSPS) is 12.0. The van der Waals surface area contributed by atoms with Gasteiger partial charge in [0.1, 0.15) is 5.75 Å². The first-order chi connectivity index (χ1) is 13.6. The number of aryl methyl sites for hydroxylation is 1. The maximum absolute atomic E-state index is 12.6. The second kappa shape index (κ2) is 9.42. The molecule has 0 aromatic heterocycles. The van der Waals surface area contributed by atoms with E-state index in [1.165, 1.54) is 20.1 Å². The van der Waals surface area contributed by atoms with Crippen LogP contribution >= 0.6 is 0 Å². The van der Waals surface area contributed by atoms with Crippen molar-refractivity contribution < 1.29 is 22.7 Å². The monoisotopic (exact) mass is 419 g/mol. The van der Waals surface area contributed by atoms with E-state index in [4.69, 9.17) is 4.74 Å². The van der Waals surface area contributed by atoms with Gasteiger partial charge < -0.3 is 15.4 Å². The molecule has 2 rings (SSSR count). The minimum atomic E-state index is -3.52. The predicted octanol–water partition coefficient (Wildman–Crippen LogP) is 2.58. The summed E-state index contributed by atoms with van der Waals surface area (Å²) in [5.74, 6) is -0.253. The molecule has 0 fully saturated rings. The molecule has 29 heavy (non-hydrogen) atoms. The van der Waals surface area contributed by atoms with E-state index in [2.05, 4.69) is 15.4 Å². The van der Waals surface area contributed by atoms with Crippen LogP contribution in [0.2, 0.25) is 0 Å². The zero-order valence-electron chi connectivity index (χ0n) is 16.8. The molecule has 0 bridgehead atoms. The van der Waals surface area contributed by atoms with Crippen molar-refractivity contribution in [2.45, 2.75) is 26.3 Å². The fourth-order valence-electron chi connectivity index (χ4n) is 2.76. The summed E-state index contributed by atoms with van der Waals surface area (Å²) in [7, 11) is -2.10. The number of carbonyl (C=O) groups excluding carboxylic acids is 2. The second-order valence-electron chi connectivity index (χ2n) is 6.71. The van der Waals surface area contributed by atoms with Crippen LogP contribution in [0.25, 0.3) is 0 Å². The van der Waals surface area contributed by atoms with E-state index in [9.17, 15) is 18.0 Å². The number of carbonyl (C=O) groups is 2. The molecule has 0 radical (unpaired) electrons. The number of anilines is 2. The fraction of sp³-hybridized carbons (Fsp3) is 0.300. The number of hydrogen-bond acceptors (Lipinski definition) is 5. The zero-order chi connectivity index (χ0) is 21.6. The van der Waals surface area contributed by atoms with Gasteiger partial charge in [0.15, 0.2) is 0 Å². The lowest BCUT2D eigenvalue weighted by atomic mass is 10.0. The van der Waals surface area contributed by atoms with Crippen LogP contribution in [0.4, 0.5) is 11.4 Å². The highest BCUT2D eigenvalue weighted by atomic mass is 32.2. The molecule has 2 aromatic carbocycles. The Balaban J connectivity index is 2.17. The molecule has 3 N–H and O–H groups in total. The van der Waals surface area contributed by atoms with Gasteiger partial charge in [0.25, 0.3) is 0 Å². The molecule has 1 atom stereocenters. The van der Waals surface area contributed by atoms with Gasteiger partial charge in [0.2, 0.25) is 21.8 Å². The van der Waals surface area contributed by atoms with Crippen molar-refractivity contribution in [1.29, 1.82) is 0 Å². The lowest BCUT2D eigenvalue weighted by Gasteiger charge is -2.19. The first kappa shape index (κ1) is 22.2. The molecular formula is C20H25N3O5S. The smallest absolute Gasteiger partial charge is 0.229 e. The van der Waals surface area contributed by atoms with E-state index < -0.39 is 16.1 Å². The molecule has 0 aliphatic carbocycles. The largest absolute Gasteiger partial charge is 0.495 e. The minimum Gasteiger partial charge on any atom is -0.495 e. The minimum absolute atomic E-state index is 0.0174. The summed E-state index contributed by atoms with van der Waals surface area (Å²) in [5, 5.41) is 5.51. The van der Waals surface area contributed by atoms with Gasteiger partial charge in [0, 0.05) is 12.6 Å². The van der Waals surface area contributed by atoms with Gasteiger partial charge in [0.05, 0.1) is 31.5 Å². The summed E-state index contributed by atoms with van der Waals surface area (Å²) in [6.45, 7) is 3.35. The van der Waals surface area contributed by atoms with Crippen molar-refractivity contribution in [3.05, 3.63) is 53.6 Å². The van der Waals surface area contributed by atoms with Gasteiger partial charge in [-0.05, 0) is 30.7 Å². The molecular weight excluding hydrogens is 394 g/mol. The molecule has 9 heteroatoms.